The number of hydrogen-bond acceptors (Lipinski definition) is 5. The van der Waals surface area contributed by atoms with Crippen molar-refractivity contribution in [3.63, 3.8) is 0 Å². The van der Waals surface area contributed by atoms with E-state index < -0.39 is 0 Å². The van der Waals surface area contributed by atoms with Crippen LogP contribution in [-0.4, -0.2) is 61.0 Å². The van der Waals surface area contributed by atoms with E-state index in [1.165, 1.54) is 18.5 Å². The highest BCUT2D eigenvalue weighted by Crippen LogP contribution is 2.25. The number of likely N-dealkylation sites (N-methyl/N-ethyl adjacent to an activating group) is 1. The maximum Gasteiger partial charge on any atom is 0.233 e. The summed E-state index contributed by atoms with van der Waals surface area (Å²) in [6, 6.07) is 4.59. The standard InChI is InChI=1S/C18H24FN5O/c1-20-17(25)11-24-7-5-13(6-8-24)10-23(2)18-15-9-14(19)3-4-16(15)21-12-22-18/h3-4,9,12-13H,5-8,10-11H2,1-2H3,(H,20,25). The SMILES string of the molecule is CNC(=O)CN1CCC(CN(C)c2ncnc3ccc(F)cc23)CC1. The van der Waals surface area contributed by atoms with Crippen molar-refractivity contribution in [2.75, 3.05) is 45.2 Å². The van der Waals surface area contributed by atoms with E-state index >= 15 is 0 Å². The highest BCUT2D eigenvalue weighted by Gasteiger charge is 2.22. The molecule has 25 heavy (non-hydrogen) atoms. The summed E-state index contributed by atoms with van der Waals surface area (Å²) in [5.41, 5.74) is 0.749. The van der Waals surface area contributed by atoms with E-state index in [-0.39, 0.29) is 11.7 Å². The molecule has 1 aliphatic rings. The minimum atomic E-state index is -0.278. The molecule has 2 aromatic rings. The Bertz CT molecular complexity index is 745. The molecule has 134 valence electrons. The third-order valence-corrected chi connectivity index (χ3v) is 4.82. The van der Waals surface area contributed by atoms with Crippen molar-refractivity contribution in [3.05, 3.63) is 30.3 Å². The van der Waals surface area contributed by atoms with E-state index in [4.69, 9.17) is 0 Å². The van der Waals surface area contributed by atoms with Crippen LogP contribution in [0.1, 0.15) is 12.8 Å². The fourth-order valence-corrected chi connectivity index (χ4v) is 3.40. The molecule has 3 rings (SSSR count). The molecule has 0 saturated carbocycles. The predicted molar refractivity (Wildman–Crippen MR) is 96.0 cm³/mol. The van der Waals surface area contributed by atoms with Crippen LogP contribution in [0.15, 0.2) is 24.5 Å². The number of carbonyl (C=O) groups is 1. The lowest BCUT2D eigenvalue weighted by Crippen LogP contribution is -2.42. The van der Waals surface area contributed by atoms with Crippen LogP contribution in [0.4, 0.5) is 10.2 Å². The van der Waals surface area contributed by atoms with Gasteiger partial charge < -0.3 is 10.2 Å². The number of piperidine rings is 1. The van der Waals surface area contributed by atoms with Gasteiger partial charge in [0.1, 0.15) is 18.0 Å². The predicted octanol–water partition coefficient (Wildman–Crippen LogP) is 1.66. The largest absolute Gasteiger partial charge is 0.359 e. The minimum Gasteiger partial charge on any atom is -0.359 e. The number of benzene rings is 1. The first-order chi connectivity index (χ1) is 12.1. The Balaban J connectivity index is 1.63. The number of amides is 1. The van der Waals surface area contributed by atoms with Gasteiger partial charge in [-0.25, -0.2) is 14.4 Å². The second-order valence-corrected chi connectivity index (χ2v) is 6.63. The summed E-state index contributed by atoms with van der Waals surface area (Å²) in [6.45, 7) is 3.17. The molecule has 0 atom stereocenters. The lowest BCUT2D eigenvalue weighted by molar-refractivity contribution is -0.122. The van der Waals surface area contributed by atoms with Crippen LogP contribution in [-0.2, 0) is 4.79 Å². The normalized spacial score (nSPS) is 16.1. The van der Waals surface area contributed by atoms with E-state index in [1.54, 1.807) is 13.1 Å². The molecule has 1 aromatic carbocycles. The number of anilines is 1. The number of nitrogens with zero attached hydrogens (tertiary/aromatic N) is 4. The van der Waals surface area contributed by atoms with E-state index in [0.717, 1.165) is 49.2 Å². The third-order valence-electron chi connectivity index (χ3n) is 4.82. The Morgan fingerprint density at radius 1 is 1.36 bits per heavy atom. The Morgan fingerprint density at radius 3 is 2.84 bits per heavy atom. The van der Waals surface area contributed by atoms with Crippen molar-refractivity contribution in [1.29, 1.82) is 0 Å². The average Bonchev–Trinajstić information content (AvgIpc) is 2.62. The van der Waals surface area contributed by atoms with Gasteiger partial charge in [0.15, 0.2) is 0 Å². The highest BCUT2D eigenvalue weighted by atomic mass is 19.1. The minimum absolute atomic E-state index is 0.0602. The summed E-state index contributed by atoms with van der Waals surface area (Å²) >= 11 is 0. The number of rotatable bonds is 5. The van der Waals surface area contributed by atoms with Crippen LogP contribution in [0.2, 0.25) is 0 Å². The molecule has 0 radical (unpaired) electrons. The Hall–Kier alpha value is -2.28. The third kappa shape index (κ3) is 4.22. The van der Waals surface area contributed by atoms with Gasteiger partial charge in [-0.05, 0) is 50.0 Å². The first-order valence-corrected chi connectivity index (χ1v) is 8.61. The lowest BCUT2D eigenvalue weighted by atomic mass is 9.96. The Kier molecular flexibility index (Phi) is 5.43. The van der Waals surface area contributed by atoms with E-state index in [1.807, 2.05) is 7.05 Å². The van der Waals surface area contributed by atoms with Gasteiger partial charge in [-0.1, -0.05) is 0 Å². The number of fused-ring (bicyclic) bond motifs is 1. The van der Waals surface area contributed by atoms with Gasteiger partial charge in [0, 0.05) is 26.0 Å². The smallest absolute Gasteiger partial charge is 0.233 e. The maximum atomic E-state index is 13.6. The number of carbonyl (C=O) groups excluding carboxylic acids is 1. The van der Waals surface area contributed by atoms with Gasteiger partial charge in [0.25, 0.3) is 0 Å². The molecule has 0 aliphatic carbocycles. The zero-order valence-electron chi connectivity index (χ0n) is 14.7. The molecule has 1 aromatic heterocycles. The number of nitrogens with one attached hydrogen (secondary N) is 1. The Labute approximate surface area is 147 Å². The molecule has 1 N–H and O–H groups in total. The van der Waals surface area contributed by atoms with Crippen LogP contribution >= 0.6 is 0 Å². The van der Waals surface area contributed by atoms with Gasteiger partial charge in [-0.2, -0.15) is 0 Å². The van der Waals surface area contributed by atoms with Crippen molar-refractivity contribution >= 4 is 22.6 Å². The summed E-state index contributed by atoms with van der Waals surface area (Å²) in [7, 11) is 3.66. The van der Waals surface area contributed by atoms with Gasteiger partial charge >= 0.3 is 0 Å². The fraction of sp³-hybridized carbons (Fsp3) is 0.500. The monoisotopic (exact) mass is 345 g/mol. The summed E-state index contributed by atoms with van der Waals surface area (Å²) < 4.78 is 13.6. The number of halogens is 1. The maximum absolute atomic E-state index is 13.6. The molecule has 2 heterocycles. The van der Waals surface area contributed by atoms with Crippen LogP contribution in [0.3, 0.4) is 0 Å². The quantitative estimate of drug-likeness (QED) is 0.893. The van der Waals surface area contributed by atoms with Crippen molar-refractivity contribution < 1.29 is 9.18 Å². The zero-order valence-corrected chi connectivity index (χ0v) is 14.7. The molecule has 0 unspecified atom stereocenters. The van der Waals surface area contributed by atoms with Crippen LogP contribution in [0.5, 0.6) is 0 Å². The van der Waals surface area contributed by atoms with E-state index in [9.17, 15) is 9.18 Å². The average molecular weight is 345 g/mol. The molecule has 6 nitrogen and oxygen atoms in total. The topological polar surface area (TPSA) is 61.4 Å². The molecular weight excluding hydrogens is 321 g/mol. The molecule has 7 heteroatoms. The number of hydrogen-bond donors (Lipinski definition) is 1. The summed E-state index contributed by atoms with van der Waals surface area (Å²) in [5.74, 6) is 1.08. The van der Waals surface area contributed by atoms with Gasteiger partial charge in [0.2, 0.25) is 5.91 Å². The Morgan fingerprint density at radius 2 is 2.12 bits per heavy atom. The molecule has 1 amide bonds. The van der Waals surface area contributed by atoms with Gasteiger partial charge in [-0.15, -0.1) is 0 Å². The summed E-state index contributed by atoms with van der Waals surface area (Å²) in [5, 5.41) is 3.40. The number of aromatic nitrogens is 2. The molecule has 0 spiro atoms. The van der Waals surface area contributed by atoms with E-state index in [0.29, 0.717) is 12.5 Å². The second-order valence-electron chi connectivity index (χ2n) is 6.63. The van der Waals surface area contributed by atoms with Crippen molar-refractivity contribution in [2.45, 2.75) is 12.8 Å². The van der Waals surface area contributed by atoms with Gasteiger partial charge in [0.05, 0.1) is 12.1 Å². The zero-order chi connectivity index (χ0) is 17.8. The summed E-state index contributed by atoms with van der Waals surface area (Å²) in [6.07, 6.45) is 3.61. The first-order valence-electron chi connectivity index (χ1n) is 8.61. The molecule has 1 fully saturated rings. The lowest BCUT2D eigenvalue weighted by Gasteiger charge is -2.33. The molecule has 1 saturated heterocycles. The molecule has 0 bridgehead atoms. The first kappa shape index (κ1) is 17.5. The van der Waals surface area contributed by atoms with Crippen LogP contribution in [0.25, 0.3) is 10.9 Å². The van der Waals surface area contributed by atoms with E-state index in [2.05, 4.69) is 25.1 Å². The molecular formula is C18H24FN5O. The van der Waals surface area contributed by atoms with Crippen LogP contribution < -0.4 is 10.2 Å². The van der Waals surface area contributed by atoms with Crippen molar-refractivity contribution in [2.24, 2.45) is 5.92 Å². The van der Waals surface area contributed by atoms with Crippen molar-refractivity contribution in [1.82, 2.24) is 20.2 Å². The fourth-order valence-electron chi connectivity index (χ4n) is 3.40. The summed E-state index contributed by atoms with van der Waals surface area (Å²) in [4.78, 5) is 24.3. The molecule has 1 aliphatic heterocycles. The van der Waals surface area contributed by atoms with Crippen molar-refractivity contribution in [3.8, 4) is 0 Å². The number of likely N-dealkylation sites (tertiary alicyclic amines) is 1. The highest BCUT2D eigenvalue weighted by molar-refractivity contribution is 5.89. The van der Waals surface area contributed by atoms with Gasteiger partial charge in [-0.3, -0.25) is 9.69 Å². The van der Waals surface area contributed by atoms with Crippen LogP contribution in [0, 0.1) is 11.7 Å². The second kappa shape index (κ2) is 7.74.